The third kappa shape index (κ3) is 6.68. The molecule has 0 aliphatic heterocycles. The largest absolute Gasteiger partial charge is 0.462 e. The average molecular weight is 318 g/mol. The van der Waals surface area contributed by atoms with E-state index in [0.29, 0.717) is 12.5 Å². The molecule has 1 unspecified atom stereocenters. The van der Waals surface area contributed by atoms with Gasteiger partial charge in [0.15, 0.2) is 0 Å². The van der Waals surface area contributed by atoms with Crippen molar-refractivity contribution in [2.24, 2.45) is 5.92 Å². The molecule has 4 heteroatoms. The van der Waals surface area contributed by atoms with Crippen LogP contribution in [0.2, 0.25) is 0 Å². The van der Waals surface area contributed by atoms with Crippen molar-refractivity contribution in [1.82, 2.24) is 0 Å². The van der Waals surface area contributed by atoms with Gasteiger partial charge in [-0.15, -0.1) is 0 Å². The molecule has 126 valence electrons. The van der Waals surface area contributed by atoms with Gasteiger partial charge in [0.05, 0.1) is 6.61 Å². The van der Waals surface area contributed by atoms with Crippen LogP contribution in [0.25, 0.3) is 0 Å². The van der Waals surface area contributed by atoms with E-state index in [9.17, 15) is 9.59 Å². The number of carbonyl (C=O) groups is 2. The molecule has 0 saturated heterocycles. The molecule has 23 heavy (non-hydrogen) atoms. The van der Waals surface area contributed by atoms with Gasteiger partial charge in [0.1, 0.15) is 11.3 Å². The lowest BCUT2D eigenvalue weighted by molar-refractivity contribution is -0.130. The minimum Gasteiger partial charge on any atom is -0.462 e. The molecule has 0 heterocycles. The first-order chi connectivity index (χ1) is 11.0. The summed E-state index contributed by atoms with van der Waals surface area (Å²) in [5.74, 6) is -0.518. The molecule has 0 aliphatic rings. The molecule has 0 radical (unpaired) electrons. The normalized spacial score (nSPS) is 11.6. The number of benzene rings is 1. The van der Waals surface area contributed by atoms with Crippen LogP contribution in [0.1, 0.15) is 56.8 Å². The zero-order valence-electron chi connectivity index (χ0n) is 14.3. The van der Waals surface area contributed by atoms with Crippen molar-refractivity contribution < 1.29 is 19.1 Å². The lowest BCUT2D eigenvalue weighted by atomic mass is 10.0. The monoisotopic (exact) mass is 318 g/mol. The molecule has 0 aliphatic carbocycles. The molecule has 1 rings (SSSR count). The van der Waals surface area contributed by atoms with Crippen molar-refractivity contribution in [3.63, 3.8) is 0 Å². The molecule has 1 aromatic carbocycles. The highest BCUT2D eigenvalue weighted by Crippen LogP contribution is 2.20. The minimum atomic E-state index is -0.557. The predicted octanol–water partition coefficient (Wildman–Crippen LogP) is 4.54. The molecule has 0 saturated carbocycles. The Balaban J connectivity index is 2.62. The number of carbonyl (C=O) groups excluding carboxylic acids is 2. The van der Waals surface area contributed by atoms with E-state index in [1.54, 1.807) is 31.2 Å². The topological polar surface area (TPSA) is 52.6 Å². The smallest absolute Gasteiger partial charge is 0.341 e. The Morgan fingerprint density at radius 1 is 1.22 bits per heavy atom. The van der Waals surface area contributed by atoms with Gasteiger partial charge >= 0.3 is 11.9 Å². The van der Waals surface area contributed by atoms with E-state index in [2.05, 4.69) is 20.4 Å². The van der Waals surface area contributed by atoms with Gasteiger partial charge in [0, 0.05) is 5.57 Å². The fourth-order valence-corrected chi connectivity index (χ4v) is 2.03. The van der Waals surface area contributed by atoms with Gasteiger partial charge in [-0.25, -0.2) is 9.59 Å². The Bertz CT molecular complexity index is 548. The molecule has 0 N–H and O–H groups in total. The number of hydrogen-bond acceptors (Lipinski definition) is 4. The molecule has 0 amide bonds. The Hall–Kier alpha value is -2.10. The lowest BCUT2D eigenvalue weighted by Crippen LogP contribution is -2.15. The van der Waals surface area contributed by atoms with E-state index in [4.69, 9.17) is 9.47 Å². The van der Waals surface area contributed by atoms with Crippen molar-refractivity contribution in [3.05, 3.63) is 42.0 Å². The van der Waals surface area contributed by atoms with Crippen LogP contribution < -0.4 is 4.74 Å². The van der Waals surface area contributed by atoms with Crippen LogP contribution in [0, 0.1) is 5.92 Å². The summed E-state index contributed by atoms with van der Waals surface area (Å²) in [6.07, 6.45) is 4.54. The van der Waals surface area contributed by atoms with Gasteiger partial charge < -0.3 is 9.47 Å². The van der Waals surface area contributed by atoms with Gasteiger partial charge in [-0.05, 0) is 31.4 Å². The van der Waals surface area contributed by atoms with Gasteiger partial charge in [0.25, 0.3) is 0 Å². The second-order valence-corrected chi connectivity index (χ2v) is 5.87. The van der Waals surface area contributed by atoms with E-state index in [0.717, 1.165) is 12.8 Å². The van der Waals surface area contributed by atoms with E-state index in [-0.39, 0.29) is 16.9 Å². The predicted molar refractivity (Wildman–Crippen MR) is 90.5 cm³/mol. The first-order valence-corrected chi connectivity index (χ1v) is 8.09. The van der Waals surface area contributed by atoms with Crippen LogP contribution in [0.3, 0.4) is 0 Å². The van der Waals surface area contributed by atoms with Crippen molar-refractivity contribution in [3.8, 4) is 5.75 Å². The Kier molecular flexibility index (Phi) is 8.09. The number of ether oxygens (including phenoxy) is 2. The number of para-hydroxylation sites is 1. The highest BCUT2D eigenvalue weighted by atomic mass is 16.5. The van der Waals surface area contributed by atoms with E-state index in [1.165, 1.54) is 12.8 Å². The summed E-state index contributed by atoms with van der Waals surface area (Å²) in [6, 6.07) is 6.57. The summed E-state index contributed by atoms with van der Waals surface area (Å²) in [4.78, 5) is 23.8. The number of hydrogen-bond donors (Lipinski definition) is 0. The fraction of sp³-hybridized carbons (Fsp3) is 0.474. The van der Waals surface area contributed by atoms with Gasteiger partial charge in [-0.1, -0.05) is 51.8 Å². The molecule has 1 aromatic rings. The first kappa shape index (κ1) is 18.9. The molecule has 0 fully saturated rings. The van der Waals surface area contributed by atoms with Crippen molar-refractivity contribution in [2.45, 2.75) is 46.5 Å². The van der Waals surface area contributed by atoms with Crippen LogP contribution in [-0.4, -0.2) is 18.5 Å². The SMILES string of the molecule is C=C(C)C(=O)Oc1ccccc1C(=O)OCC(C)CCCCC. The van der Waals surface area contributed by atoms with Crippen molar-refractivity contribution in [2.75, 3.05) is 6.61 Å². The molecular formula is C19H26O4. The molecule has 0 bridgehead atoms. The molecule has 0 aromatic heterocycles. The number of unbranched alkanes of at least 4 members (excludes halogenated alkanes) is 2. The van der Waals surface area contributed by atoms with E-state index >= 15 is 0 Å². The average Bonchev–Trinajstić information content (AvgIpc) is 2.53. The third-order valence-electron chi connectivity index (χ3n) is 3.46. The second-order valence-electron chi connectivity index (χ2n) is 5.87. The lowest BCUT2D eigenvalue weighted by Gasteiger charge is -2.13. The minimum absolute atomic E-state index is 0.198. The first-order valence-electron chi connectivity index (χ1n) is 8.09. The molecule has 0 spiro atoms. The van der Waals surface area contributed by atoms with Crippen molar-refractivity contribution >= 4 is 11.9 Å². The second kappa shape index (κ2) is 9.82. The van der Waals surface area contributed by atoms with E-state index in [1.807, 2.05) is 0 Å². The summed E-state index contributed by atoms with van der Waals surface area (Å²) in [5.41, 5.74) is 0.528. The Morgan fingerprint density at radius 2 is 1.91 bits per heavy atom. The standard InChI is InChI=1S/C19H26O4/c1-5-6-7-10-15(4)13-22-19(21)16-11-8-9-12-17(16)23-18(20)14(2)3/h8-9,11-12,15H,2,5-7,10,13H2,1,3-4H3. The molecule has 1 atom stereocenters. The van der Waals surface area contributed by atoms with Gasteiger partial charge in [-0.3, -0.25) is 0 Å². The molecule has 4 nitrogen and oxygen atoms in total. The maximum absolute atomic E-state index is 12.2. The van der Waals surface area contributed by atoms with Crippen LogP contribution >= 0.6 is 0 Å². The Morgan fingerprint density at radius 3 is 2.57 bits per heavy atom. The van der Waals surface area contributed by atoms with Crippen molar-refractivity contribution in [1.29, 1.82) is 0 Å². The highest BCUT2D eigenvalue weighted by molar-refractivity contribution is 5.95. The highest BCUT2D eigenvalue weighted by Gasteiger charge is 2.17. The van der Waals surface area contributed by atoms with Gasteiger partial charge in [0.2, 0.25) is 0 Å². The molecular weight excluding hydrogens is 292 g/mol. The van der Waals surface area contributed by atoms with E-state index < -0.39 is 11.9 Å². The van der Waals surface area contributed by atoms with Crippen LogP contribution in [0.4, 0.5) is 0 Å². The summed E-state index contributed by atoms with van der Waals surface area (Å²) in [6.45, 7) is 9.68. The summed E-state index contributed by atoms with van der Waals surface area (Å²) in [5, 5.41) is 0. The van der Waals surface area contributed by atoms with Gasteiger partial charge in [-0.2, -0.15) is 0 Å². The maximum atomic E-state index is 12.2. The van der Waals surface area contributed by atoms with Crippen LogP contribution in [0.15, 0.2) is 36.4 Å². The van der Waals surface area contributed by atoms with Crippen LogP contribution in [0.5, 0.6) is 5.75 Å². The Labute approximate surface area is 138 Å². The van der Waals surface area contributed by atoms with Crippen LogP contribution in [-0.2, 0) is 9.53 Å². The number of rotatable bonds is 9. The fourth-order valence-electron chi connectivity index (χ4n) is 2.03. The zero-order chi connectivity index (χ0) is 17.2. The third-order valence-corrected chi connectivity index (χ3v) is 3.46. The summed E-state index contributed by atoms with van der Waals surface area (Å²) >= 11 is 0. The summed E-state index contributed by atoms with van der Waals surface area (Å²) in [7, 11) is 0. The quantitative estimate of drug-likeness (QED) is 0.290. The maximum Gasteiger partial charge on any atom is 0.341 e. The zero-order valence-corrected chi connectivity index (χ0v) is 14.3. The summed E-state index contributed by atoms with van der Waals surface area (Å²) < 4.78 is 10.5. The number of esters is 2.